The third kappa shape index (κ3) is 14.2. The maximum Gasteiger partial charge on any atom is 0.514 e. The van der Waals surface area contributed by atoms with Crippen LogP contribution < -0.4 is 15.2 Å². The van der Waals surface area contributed by atoms with Gasteiger partial charge in [-0.1, -0.05) is 39.7 Å². The molecule has 1 aromatic rings. The first kappa shape index (κ1) is 35.7. The Balaban J connectivity index is 2.92. The van der Waals surface area contributed by atoms with Gasteiger partial charge in [0.05, 0.1) is 0 Å². The zero-order valence-corrected chi connectivity index (χ0v) is 25.7. The molecule has 1 rings (SSSR count). The van der Waals surface area contributed by atoms with Crippen molar-refractivity contribution in [2.24, 2.45) is 5.73 Å². The first-order valence-electron chi connectivity index (χ1n) is 14.2. The summed E-state index contributed by atoms with van der Waals surface area (Å²) in [7, 11) is 0. The summed E-state index contributed by atoms with van der Waals surface area (Å²) < 4.78 is 31.8. The molecular weight excluding hydrogens is 534 g/mol. The first-order valence-corrected chi connectivity index (χ1v) is 14.2. The number of unbranched alkanes of at least 4 members (excludes halogenated alkanes) is 2. The van der Waals surface area contributed by atoms with E-state index in [9.17, 15) is 19.2 Å². The van der Waals surface area contributed by atoms with E-state index in [2.05, 4.69) is 0 Å². The molecule has 0 bridgehead atoms. The van der Waals surface area contributed by atoms with Crippen LogP contribution in [-0.2, 0) is 35.0 Å². The van der Waals surface area contributed by atoms with Crippen molar-refractivity contribution in [2.45, 2.75) is 124 Å². The molecule has 41 heavy (non-hydrogen) atoms. The number of carbonyl (C=O) groups excluding carboxylic acids is 4. The summed E-state index contributed by atoms with van der Waals surface area (Å²) in [6.07, 6.45) is 1.51. The number of hydrogen-bond acceptors (Lipinski definition) is 11. The van der Waals surface area contributed by atoms with Crippen LogP contribution in [0.2, 0.25) is 0 Å². The Bertz CT molecular complexity index is 1020. The molecule has 0 saturated carbocycles. The summed E-state index contributed by atoms with van der Waals surface area (Å²) in [5.74, 6) is -1.24. The third-order valence-corrected chi connectivity index (χ3v) is 6.35. The Morgan fingerprint density at radius 2 is 1.41 bits per heavy atom. The number of benzene rings is 1. The number of nitrogens with two attached hydrogens (primary N) is 1. The minimum absolute atomic E-state index is 0.0173. The Morgan fingerprint density at radius 1 is 0.854 bits per heavy atom. The van der Waals surface area contributed by atoms with Gasteiger partial charge in [0.2, 0.25) is 0 Å². The first-order chi connectivity index (χ1) is 19.1. The lowest BCUT2D eigenvalue weighted by atomic mass is 10.1. The standard InChI is InChI=1S/C30H47NO10/c1-9-12-13-14-25(32)37-20(4)19-36-26(33)22(31)17-21-15-16-23(38-27(34)40-29(5,6)10-2)24(18-21)39-28(35)41-30(7,8)11-3/h15-16,18,20,22H,9-14,17,19,31H2,1-8H3/t20-,22-/m0/s1. The fourth-order valence-electron chi connectivity index (χ4n) is 3.14. The molecule has 0 amide bonds. The van der Waals surface area contributed by atoms with Crippen molar-refractivity contribution in [1.29, 1.82) is 0 Å². The highest BCUT2D eigenvalue weighted by molar-refractivity contribution is 5.76. The van der Waals surface area contributed by atoms with Crippen molar-refractivity contribution in [3.05, 3.63) is 23.8 Å². The molecule has 2 atom stereocenters. The van der Waals surface area contributed by atoms with Gasteiger partial charge in [0.25, 0.3) is 0 Å². The highest BCUT2D eigenvalue weighted by Gasteiger charge is 2.26. The second kappa shape index (κ2) is 16.8. The highest BCUT2D eigenvalue weighted by Crippen LogP contribution is 2.31. The molecule has 0 heterocycles. The van der Waals surface area contributed by atoms with Crippen molar-refractivity contribution in [1.82, 2.24) is 0 Å². The smallest absolute Gasteiger partial charge is 0.461 e. The molecule has 0 unspecified atom stereocenters. The summed E-state index contributed by atoms with van der Waals surface area (Å²) >= 11 is 0. The van der Waals surface area contributed by atoms with Crippen LogP contribution in [0.25, 0.3) is 0 Å². The van der Waals surface area contributed by atoms with Crippen molar-refractivity contribution in [3.8, 4) is 11.5 Å². The van der Waals surface area contributed by atoms with E-state index in [-0.39, 0.29) is 30.5 Å². The monoisotopic (exact) mass is 581 g/mol. The molecule has 0 aliphatic rings. The van der Waals surface area contributed by atoms with E-state index in [1.807, 2.05) is 20.8 Å². The van der Waals surface area contributed by atoms with Crippen molar-refractivity contribution in [3.63, 3.8) is 0 Å². The fourth-order valence-corrected chi connectivity index (χ4v) is 3.14. The van der Waals surface area contributed by atoms with Crippen molar-refractivity contribution in [2.75, 3.05) is 6.61 Å². The van der Waals surface area contributed by atoms with Crippen LogP contribution in [0.15, 0.2) is 18.2 Å². The van der Waals surface area contributed by atoms with Gasteiger partial charge in [-0.25, -0.2) is 9.59 Å². The molecule has 11 nitrogen and oxygen atoms in total. The van der Waals surface area contributed by atoms with Crippen LogP contribution in [0.4, 0.5) is 9.59 Å². The van der Waals surface area contributed by atoms with E-state index < -0.39 is 41.6 Å². The van der Waals surface area contributed by atoms with Crippen LogP contribution in [-0.4, -0.2) is 54.2 Å². The average Bonchev–Trinajstić information content (AvgIpc) is 2.88. The quantitative estimate of drug-likeness (QED) is 0.106. The molecule has 0 radical (unpaired) electrons. The van der Waals surface area contributed by atoms with E-state index in [4.69, 9.17) is 34.2 Å². The molecule has 0 aromatic heterocycles. The van der Waals surface area contributed by atoms with Gasteiger partial charge in [-0.15, -0.1) is 0 Å². The summed E-state index contributed by atoms with van der Waals surface area (Å²) in [6, 6.07) is 3.32. The molecule has 232 valence electrons. The second-order valence-corrected chi connectivity index (χ2v) is 11.1. The number of ether oxygens (including phenoxy) is 6. The molecule has 0 spiro atoms. The average molecular weight is 582 g/mol. The van der Waals surface area contributed by atoms with Crippen LogP contribution in [0.3, 0.4) is 0 Å². The molecule has 0 aliphatic heterocycles. The minimum Gasteiger partial charge on any atom is -0.461 e. The number of carbonyl (C=O) groups is 4. The Morgan fingerprint density at radius 3 is 1.95 bits per heavy atom. The van der Waals surface area contributed by atoms with Gasteiger partial charge in [0, 0.05) is 6.42 Å². The molecule has 0 aliphatic carbocycles. The number of esters is 2. The van der Waals surface area contributed by atoms with Crippen molar-refractivity contribution >= 4 is 24.2 Å². The van der Waals surface area contributed by atoms with E-state index in [1.165, 1.54) is 12.1 Å². The lowest BCUT2D eigenvalue weighted by molar-refractivity contribution is -0.158. The van der Waals surface area contributed by atoms with E-state index >= 15 is 0 Å². The van der Waals surface area contributed by atoms with Gasteiger partial charge in [-0.05, 0) is 78.0 Å². The Hall–Kier alpha value is -3.34. The number of rotatable bonds is 16. The molecular formula is C30H47NO10. The van der Waals surface area contributed by atoms with E-state index in [0.717, 1.165) is 19.3 Å². The van der Waals surface area contributed by atoms with Crippen LogP contribution in [0.5, 0.6) is 11.5 Å². The van der Waals surface area contributed by atoms with Gasteiger partial charge in [-0.2, -0.15) is 0 Å². The maximum absolute atomic E-state index is 12.5. The fraction of sp³-hybridized carbons (Fsp3) is 0.667. The van der Waals surface area contributed by atoms with E-state index in [0.29, 0.717) is 24.8 Å². The van der Waals surface area contributed by atoms with Crippen LogP contribution in [0.1, 0.15) is 99.5 Å². The molecule has 11 heteroatoms. The zero-order valence-electron chi connectivity index (χ0n) is 25.7. The lowest BCUT2D eigenvalue weighted by Gasteiger charge is -2.24. The van der Waals surface area contributed by atoms with Gasteiger partial charge in [0.15, 0.2) is 11.5 Å². The largest absolute Gasteiger partial charge is 0.514 e. The summed E-state index contributed by atoms with van der Waals surface area (Å²) in [5, 5.41) is 0. The molecule has 1 aromatic carbocycles. The SMILES string of the molecule is CCCCCC(=O)O[C@@H](C)COC(=O)[C@@H](N)Cc1ccc(OC(=O)OC(C)(C)CC)c(OC(=O)OC(C)(C)CC)c1. The predicted molar refractivity (Wildman–Crippen MR) is 152 cm³/mol. The Labute approximate surface area is 243 Å². The van der Waals surface area contributed by atoms with Crippen LogP contribution >= 0.6 is 0 Å². The van der Waals surface area contributed by atoms with Gasteiger partial charge >= 0.3 is 24.2 Å². The predicted octanol–water partition coefficient (Wildman–Crippen LogP) is 6.02. The summed E-state index contributed by atoms with van der Waals surface area (Å²) in [5.41, 5.74) is 5.00. The zero-order chi connectivity index (χ0) is 31.2. The van der Waals surface area contributed by atoms with Gasteiger partial charge < -0.3 is 34.2 Å². The summed E-state index contributed by atoms with van der Waals surface area (Å²) in [6.45, 7) is 14.2. The van der Waals surface area contributed by atoms with Crippen molar-refractivity contribution < 1.29 is 47.6 Å². The van der Waals surface area contributed by atoms with E-state index in [1.54, 1.807) is 40.7 Å². The second-order valence-electron chi connectivity index (χ2n) is 11.1. The maximum atomic E-state index is 12.5. The Kier molecular flexibility index (Phi) is 14.6. The third-order valence-electron chi connectivity index (χ3n) is 6.35. The van der Waals surface area contributed by atoms with Gasteiger partial charge in [-0.3, -0.25) is 9.59 Å². The topological polar surface area (TPSA) is 150 Å². The highest BCUT2D eigenvalue weighted by atomic mass is 16.8. The lowest BCUT2D eigenvalue weighted by Crippen LogP contribution is -2.36. The number of hydrogen-bond donors (Lipinski definition) is 1. The molecule has 0 fully saturated rings. The normalized spacial score (nSPS) is 13.0. The minimum atomic E-state index is -1.07. The summed E-state index contributed by atoms with van der Waals surface area (Å²) in [4.78, 5) is 49.2. The molecule has 2 N–H and O–H groups in total. The van der Waals surface area contributed by atoms with Crippen LogP contribution in [0, 0.1) is 0 Å². The van der Waals surface area contributed by atoms with Gasteiger partial charge in [0.1, 0.15) is 30.0 Å². The molecule has 0 saturated heterocycles.